The van der Waals surface area contributed by atoms with Gasteiger partial charge in [0.1, 0.15) is 5.82 Å². The molecule has 220 valence electrons. The summed E-state index contributed by atoms with van der Waals surface area (Å²) in [5.74, 6) is -2.31. The summed E-state index contributed by atoms with van der Waals surface area (Å²) in [6.45, 7) is 5.88. The number of hydrogen-bond donors (Lipinski definition) is 3. The highest BCUT2D eigenvalue weighted by atomic mass is 19.1. The van der Waals surface area contributed by atoms with Crippen molar-refractivity contribution < 1.29 is 18.3 Å². The molecule has 4 N–H and O–H groups in total. The second-order valence-corrected chi connectivity index (χ2v) is 11.2. The molecule has 0 saturated carbocycles. The van der Waals surface area contributed by atoms with Gasteiger partial charge in [0.15, 0.2) is 11.6 Å². The van der Waals surface area contributed by atoms with Crippen molar-refractivity contribution in [2.24, 2.45) is 0 Å². The molecule has 5 heterocycles. The summed E-state index contributed by atoms with van der Waals surface area (Å²) < 4.78 is 34.8. The number of para-hydroxylation sites is 1. The highest BCUT2D eigenvalue weighted by Gasteiger charge is 2.26. The number of hydrogen-bond acceptors (Lipinski definition) is 7. The first-order chi connectivity index (χ1) is 20.9. The van der Waals surface area contributed by atoms with Crippen LogP contribution in [0.25, 0.3) is 16.6 Å². The first kappa shape index (κ1) is 27.2. The number of nitrogens with zero attached hydrogens (tertiary/aromatic N) is 4. The summed E-state index contributed by atoms with van der Waals surface area (Å²) in [7, 11) is 0. The predicted octanol–water partition coefficient (Wildman–Crippen LogP) is 5.05. The van der Waals surface area contributed by atoms with Crippen LogP contribution < -0.4 is 15.8 Å². The van der Waals surface area contributed by atoms with Crippen LogP contribution in [-0.2, 0) is 13.0 Å². The van der Waals surface area contributed by atoms with Crippen molar-refractivity contribution in [1.29, 1.82) is 0 Å². The fourth-order valence-electron chi connectivity index (χ4n) is 6.18. The Bertz CT molecular complexity index is 1840. The van der Waals surface area contributed by atoms with E-state index in [1.54, 1.807) is 6.92 Å². The van der Waals surface area contributed by atoms with Crippen LogP contribution in [0.3, 0.4) is 0 Å². The number of carbonyl (C=O) groups excluding carboxylic acids is 1. The van der Waals surface area contributed by atoms with Crippen molar-refractivity contribution >= 4 is 22.5 Å². The lowest BCUT2D eigenvalue weighted by molar-refractivity contribution is 0.103. The molecule has 7 rings (SSSR count). The minimum atomic E-state index is -0.834. The Kier molecular flexibility index (Phi) is 6.91. The van der Waals surface area contributed by atoms with Gasteiger partial charge in [-0.05, 0) is 86.3 Å². The van der Waals surface area contributed by atoms with Crippen LogP contribution in [-0.4, -0.2) is 56.1 Å². The third-order valence-corrected chi connectivity index (χ3v) is 8.52. The molecule has 0 atom stereocenters. The molecule has 3 aromatic heterocycles. The number of H-pyrrole nitrogens is 1. The standard InChI is InChI=1S/C32H31F2N7O2/c1-18-11-29(43-31-24(33)3-2-4-25(31)34)37-16-28(18)41-32(35)23(15-38-41)30(42)27-14-20-12-21-17-40(22-5-8-36-9-6-22)10-7-19(21)13-26(20)39-27/h2-4,11-16,22,36,39H,5-10,17,35H2,1H3. The first-order valence-corrected chi connectivity index (χ1v) is 14.4. The number of nitrogen functional groups attached to an aromatic ring is 1. The maximum Gasteiger partial charge on any atom is 0.219 e. The van der Waals surface area contributed by atoms with Crippen molar-refractivity contribution in [2.75, 3.05) is 25.4 Å². The molecule has 5 aromatic rings. The van der Waals surface area contributed by atoms with Crippen molar-refractivity contribution in [2.45, 2.75) is 38.8 Å². The average Bonchev–Trinajstić information content (AvgIpc) is 3.60. The van der Waals surface area contributed by atoms with Gasteiger partial charge in [0.25, 0.3) is 0 Å². The third-order valence-electron chi connectivity index (χ3n) is 8.52. The summed E-state index contributed by atoms with van der Waals surface area (Å²) in [6, 6.07) is 11.8. The molecule has 0 radical (unpaired) electrons. The molecule has 2 aliphatic rings. The van der Waals surface area contributed by atoms with Gasteiger partial charge in [0.05, 0.1) is 29.3 Å². The summed E-state index contributed by atoms with van der Waals surface area (Å²) in [6.07, 6.45) is 6.21. The van der Waals surface area contributed by atoms with Crippen molar-refractivity contribution in [3.05, 3.63) is 94.4 Å². The largest absolute Gasteiger partial charge is 0.433 e. The van der Waals surface area contributed by atoms with Gasteiger partial charge in [-0.1, -0.05) is 6.07 Å². The Morgan fingerprint density at radius 3 is 2.63 bits per heavy atom. The number of aromatic nitrogens is 4. The Morgan fingerprint density at radius 2 is 1.86 bits per heavy atom. The minimum Gasteiger partial charge on any atom is -0.433 e. The quantitative estimate of drug-likeness (QED) is 0.240. The van der Waals surface area contributed by atoms with E-state index in [4.69, 9.17) is 10.5 Å². The normalized spacial score (nSPS) is 16.0. The number of piperidine rings is 1. The van der Waals surface area contributed by atoms with Gasteiger partial charge in [0.2, 0.25) is 17.4 Å². The molecule has 11 heteroatoms. The molecule has 1 fully saturated rings. The summed E-state index contributed by atoms with van der Waals surface area (Å²) >= 11 is 0. The maximum atomic E-state index is 14.0. The summed E-state index contributed by atoms with van der Waals surface area (Å²) in [5.41, 5.74) is 11.8. The topological polar surface area (TPSA) is 114 Å². The van der Waals surface area contributed by atoms with Crippen LogP contribution in [0.5, 0.6) is 11.6 Å². The van der Waals surface area contributed by atoms with E-state index in [0.29, 0.717) is 23.0 Å². The Labute approximate surface area is 246 Å². The summed E-state index contributed by atoms with van der Waals surface area (Å²) in [5, 5.41) is 8.79. The number of benzene rings is 2. The number of ketones is 1. The highest BCUT2D eigenvalue weighted by Crippen LogP contribution is 2.31. The molecule has 0 amide bonds. The van der Waals surface area contributed by atoms with Crippen LogP contribution in [0.1, 0.15) is 45.6 Å². The number of fused-ring (bicyclic) bond motifs is 2. The monoisotopic (exact) mass is 583 g/mol. The molecule has 2 aromatic carbocycles. The Hall–Kier alpha value is -4.61. The van der Waals surface area contributed by atoms with Gasteiger partial charge in [0, 0.05) is 36.1 Å². The molecule has 0 spiro atoms. The average molecular weight is 584 g/mol. The van der Waals surface area contributed by atoms with E-state index >= 15 is 0 Å². The zero-order valence-electron chi connectivity index (χ0n) is 23.7. The zero-order valence-corrected chi connectivity index (χ0v) is 23.7. The third kappa shape index (κ3) is 5.04. The van der Waals surface area contributed by atoms with Gasteiger partial charge in [-0.3, -0.25) is 9.69 Å². The van der Waals surface area contributed by atoms with Crippen molar-refractivity contribution in [3.63, 3.8) is 0 Å². The van der Waals surface area contributed by atoms with Crippen LogP contribution in [0.2, 0.25) is 0 Å². The summed E-state index contributed by atoms with van der Waals surface area (Å²) in [4.78, 5) is 23.6. The van der Waals surface area contributed by atoms with Gasteiger partial charge in [-0.15, -0.1) is 0 Å². The number of halogens is 2. The van der Waals surface area contributed by atoms with Gasteiger partial charge < -0.3 is 20.8 Å². The highest BCUT2D eigenvalue weighted by molar-refractivity contribution is 6.12. The molecule has 9 nitrogen and oxygen atoms in total. The number of pyridine rings is 1. The van der Waals surface area contributed by atoms with E-state index in [1.165, 1.54) is 53.2 Å². The molecule has 0 aliphatic carbocycles. The lowest BCUT2D eigenvalue weighted by Gasteiger charge is -2.37. The van der Waals surface area contributed by atoms with Crippen molar-refractivity contribution in [1.82, 2.24) is 30.0 Å². The van der Waals surface area contributed by atoms with Crippen molar-refractivity contribution in [3.8, 4) is 17.3 Å². The number of rotatable bonds is 6. The molecular formula is C32H31F2N7O2. The van der Waals surface area contributed by atoms with Gasteiger partial charge in [-0.25, -0.2) is 18.4 Å². The van der Waals surface area contributed by atoms with Crippen LogP contribution in [0.15, 0.2) is 54.9 Å². The van der Waals surface area contributed by atoms with E-state index < -0.39 is 17.4 Å². The fourth-order valence-corrected chi connectivity index (χ4v) is 6.18. The minimum absolute atomic E-state index is 0.00641. The number of nitrogens with one attached hydrogen (secondary N) is 2. The fraction of sp³-hybridized carbons (Fsp3) is 0.281. The zero-order chi connectivity index (χ0) is 29.7. The van der Waals surface area contributed by atoms with Gasteiger partial charge in [-0.2, -0.15) is 5.10 Å². The first-order valence-electron chi connectivity index (χ1n) is 14.4. The van der Waals surface area contributed by atoms with E-state index in [1.807, 2.05) is 6.07 Å². The van der Waals surface area contributed by atoms with E-state index in [2.05, 4.69) is 37.4 Å². The second kappa shape index (κ2) is 10.9. The molecule has 2 aliphatic heterocycles. The predicted molar refractivity (Wildman–Crippen MR) is 159 cm³/mol. The number of nitrogens with two attached hydrogens (primary N) is 1. The van der Waals surface area contributed by atoms with E-state index in [-0.39, 0.29) is 23.0 Å². The smallest absolute Gasteiger partial charge is 0.219 e. The van der Waals surface area contributed by atoms with Gasteiger partial charge >= 0.3 is 0 Å². The number of ether oxygens (including phenoxy) is 1. The van der Waals surface area contributed by atoms with E-state index in [0.717, 1.165) is 55.6 Å². The van der Waals surface area contributed by atoms with Crippen LogP contribution in [0.4, 0.5) is 14.6 Å². The van der Waals surface area contributed by atoms with E-state index in [9.17, 15) is 13.6 Å². The number of anilines is 1. The maximum absolute atomic E-state index is 14.0. The SMILES string of the molecule is Cc1cc(Oc2c(F)cccc2F)ncc1-n1ncc(C(=O)c2cc3cc4c(cc3[nH]2)CCN(C2CCNCC2)C4)c1N. The second-order valence-electron chi connectivity index (χ2n) is 11.2. The number of aromatic amines is 1. The van der Waals surface area contributed by atoms with Crippen LogP contribution in [0, 0.1) is 18.6 Å². The lowest BCUT2D eigenvalue weighted by atomic mass is 9.94. The molecule has 0 bridgehead atoms. The Morgan fingerprint density at radius 1 is 1.07 bits per heavy atom. The Balaban J connectivity index is 1.12. The van der Waals surface area contributed by atoms with Crippen LogP contribution >= 0.6 is 0 Å². The molecule has 43 heavy (non-hydrogen) atoms. The molecule has 1 saturated heterocycles. The molecule has 0 unspecified atom stereocenters. The lowest BCUT2D eigenvalue weighted by Crippen LogP contribution is -2.45. The number of aryl methyl sites for hydroxylation is 1. The molecular weight excluding hydrogens is 552 g/mol. The number of carbonyl (C=O) groups is 1.